The normalized spacial score (nSPS) is 13.8. The van der Waals surface area contributed by atoms with Gasteiger partial charge >= 0.3 is 0 Å². The zero-order valence-corrected chi connectivity index (χ0v) is 22.3. The highest BCUT2D eigenvalue weighted by Crippen LogP contribution is 2.33. The molecule has 0 bridgehead atoms. The Labute approximate surface area is 225 Å². The highest BCUT2D eigenvalue weighted by Gasteiger charge is 2.25. The molecule has 3 rings (SSSR count). The number of carbonyl (C=O) groups excluding carboxylic acids is 2. The number of hydrogen-bond acceptors (Lipinski definition) is 8. The summed E-state index contributed by atoms with van der Waals surface area (Å²) in [5, 5.41) is 15.9. The number of nitrogens with two attached hydrogens (primary N) is 1. The minimum Gasteiger partial charge on any atom is -0.386 e. The van der Waals surface area contributed by atoms with E-state index in [9.17, 15) is 19.1 Å². The molecule has 0 aliphatic heterocycles. The van der Waals surface area contributed by atoms with Crippen LogP contribution in [0.4, 0.5) is 10.2 Å². The maximum absolute atomic E-state index is 14.9. The van der Waals surface area contributed by atoms with Gasteiger partial charge in [0.1, 0.15) is 18.2 Å². The molecule has 11 heteroatoms. The second kappa shape index (κ2) is 12.8. The van der Waals surface area contributed by atoms with Crippen LogP contribution in [0.25, 0.3) is 5.57 Å². The van der Waals surface area contributed by atoms with Crippen molar-refractivity contribution in [1.82, 2.24) is 10.3 Å². The minimum absolute atomic E-state index is 0.0867. The summed E-state index contributed by atoms with van der Waals surface area (Å²) >= 11 is 5.57. The highest BCUT2D eigenvalue weighted by molar-refractivity contribution is 7.81. The van der Waals surface area contributed by atoms with Crippen molar-refractivity contribution in [1.29, 1.82) is 0 Å². The van der Waals surface area contributed by atoms with E-state index in [1.165, 1.54) is 12.1 Å². The Morgan fingerprint density at radius 2 is 2.03 bits per heavy atom. The lowest BCUT2D eigenvalue weighted by Crippen LogP contribution is -2.30. The van der Waals surface area contributed by atoms with E-state index in [4.69, 9.17) is 27.4 Å². The van der Waals surface area contributed by atoms with Crippen LogP contribution in [0.3, 0.4) is 0 Å². The summed E-state index contributed by atoms with van der Waals surface area (Å²) in [4.78, 5) is 28.9. The Balaban J connectivity index is 1.78. The van der Waals surface area contributed by atoms with Gasteiger partial charge < -0.3 is 30.9 Å². The van der Waals surface area contributed by atoms with E-state index in [1.807, 2.05) is 0 Å². The molecule has 0 saturated carbocycles. The zero-order valence-electron chi connectivity index (χ0n) is 21.5. The molecule has 2 aromatic rings. The van der Waals surface area contributed by atoms with Crippen LogP contribution in [-0.4, -0.2) is 53.6 Å². The molecular formula is C27H31FN4O5S. The molecule has 1 aliphatic carbocycles. The third-order valence-corrected chi connectivity index (χ3v) is 6.02. The SMILES string of the molecule is COCCNC(=O)COCc1cccc(NC2=C(C(N)=O)C=C(c3ccc(C(C)(C)O)cc3F)CC2=S)n1. The number of thiocarbonyl (C=S) groups is 1. The number of aromatic nitrogens is 1. The predicted molar refractivity (Wildman–Crippen MR) is 145 cm³/mol. The smallest absolute Gasteiger partial charge is 0.250 e. The lowest BCUT2D eigenvalue weighted by molar-refractivity contribution is -0.126. The zero-order chi connectivity index (χ0) is 27.9. The number of methoxy groups -OCH3 is 1. The summed E-state index contributed by atoms with van der Waals surface area (Å²) in [6.07, 6.45) is 1.70. The number of anilines is 1. The van der Waals surface area contributed by atoms with Gasteiger partial charge in [-0.3, -0.25) is 9.59 Å². The lowest BCUT2D eigenvalue weighted by atomic mass is 9.89. The van der Waals surface area contributed by atoms with Gasteiger partial charge in [-0.2, -0.15) is 0 Å². The summed E-state index contributed by atoms with van der Waals surface area (Å²) in [7, 11) is 1.55. The van der Waals surface area contributed by atoms with Crippen LogP contribution in [0, 0.1) is 5.82 Å². The molecule has 1 aliphatic rings. The van der Waals surface area contributed by atoms with Crippen molar-refractivity contribution in [3.63, 3.8) is 0 Å². The Kier molecular flexibility index (Phi) is 9.81. The number of primary amides is 1. The molecule has 1 heterocycles. The van der Waals surface area contributed by atoms with E-state index in [1.54, 1.807) is 51.3 Å². The molecule has 0 fully saturated rings. The van der Waals surface area contributed by atoms with Crippen LogP contribution >= 0.6 is 12.2 Å². The van der Waals surface area contributed by atoms with Gasteiger partial charge in [-0.25, -0.2) is 9.37 Å². The van der Waals surface area contributed by atoms with Crippen molar-refractivity contribution >= 4 is 40.3 Å². The van der Waals surface area contributed by atoms with Gasteiger partial charge in [-0.15, -0.1) is 0 Å². The Hall–Kier alpha value is -3.51. The molecular weight excluding hydrogens is 511 g/mol. The van der Waals surface area contributed by atoms with Crippen LogP contribution < -0.4 is 16.4 Å². The average Bonchev–Trinajstić information content (AvgIpc) is 2.85. The number of allylic oxidation sites excluding steroid dienone is 2. The van der Waals surface area contributed by atoms with Crippen molar-refractivity contribution < 1.29 is 28.6 Å². The molecule has 9 nitrogen and oxygen atoms in total. The maximum Gasteiger partial charge on any atom is 0.250 e. The van der Waals surface area contributed by atoms with Crippen molar-refractivity contribution in [2.45, 2.75) is 32.5 Å². The second-order valence-electron chi connectivity index (χ2n) is 9.15. The molecule has 0 atom stereocenters. The van der Waals surface area contributed by atoms with Crippen molar-refractivity contribution in [3.8, 4) is 0 Å². The molecule has 38 heavy (non-hydrogen) atoms. The number of pyridine rings is 1. The fourth-order valence-corrected chi connectivity index (χ4v) is 4.04. The van der Waals surface area contributed by atoms with Crippen LogP contribution in [0.2, 0.25) is 0 Å². The highest BCUT2D eigenvalue weighted by atomic mass is 32.1. The number of halogens is 1. The van der Waals surface area contributed by atoms with Gasteiger partial charge in [0.05, 0.1) is 35.8 Å². The molecule has 1 aromatic carbocycles. The molecule has 0 unspecified atom stereocenters. The van der Waals surface area contributed by atoms with E-state index in [0.29, 0.717) is 46.4 Å². The van der Waals surface area contributed by atoms with Gasteiger partial charge in [-0.05, 0) is 49.3 Å². The van der Waals surface area contributed by atoms with Crippen LogP contribution in [-0.2, 0) is 31.3 Å². The summed E-state index contributed by atoms with van der Waals surface area (Å²) < 4.78 is 25.2. The third kappa shape index (κ3) is 7.75. The van der Waals surface area contributed by atoms with E-state index >= 15 is 0 Å². The lowest BCUT2D eigenvalue weighted by Gasteiger charge is -2.23. The van der Waals surface area contributed by atoms with E-state index in [2.05, 4.69) is 15.6 Å². The largest absolute Gasteiger partial charge is 0.386 e. The second-order valence-corrected chi connectivity index (χ2v) is 9.64. The molecule has 2 amide bonds. The van der Waals surface area contributed by atoms with Crippen molar-refractivity contribution in [2.24, 2.45) is 5.73 Å². The number of nitrogens with zero attached hydrogens (tertiary/aromatic N) is 1. The van der Waals surface area contributed by atoms with Crippen LogP contribution in [0.1, 0.15) is 37.1 Å². The molecule has 5 N–H and O–H groups in total. The third-order valence-electron chi connectivity index (χ3n) is 5.68. The summed E-state index contributed by atoms with van der Waals surface area (Å²) in [6.45, 7) is 3.89. The number of rotatable bonds is 12. The molecule has 0 saturated heterocycles. The number of hydrogen-bond donors (Lipinski definition) is 4. The number of ether oxygens (including phenoxy) is 2. The Bertz CT molecular complexity index is 1290. The Morgan fingerprint density at radius 1 is 1.26 bits per heavy atom. The van der Waals surface area contributed by atoms with Gasteiger partial charge in [0.25, 0.3) is 5.91 Å². The first-order valence-corrected chi connectivity index (χ1v) is 12.3. The van der Waals surface area contributed by atoms with Crippen LogP contribution in [0.15, 0.2) is 53.7 Å². The number of aliphatic hydroxyl groups is 1. The fourth-order valence-electron chi connectivity index (χ4n) is 3.72. The predicted octanol–water partition coefficient (Wildman–Crippen LogP) is 2.74. The Morgan fingerprint density at radius 3 is 2.68 bits per heavy atom. The van der Waals surface area contributed by atoms with E-state index < -0.39 is 17.3 Å². The van der Waals surface area contributed by atoms with Gasteiger partial charge in [0, 0.05) is 30.5 Å². The minimum atomic E-state index is -1.20. The quantitative estimate of drug-likeness (QED) is 0.238. The summed E-state index contributed by atoms with van der Waals surface area (Å²) in [5.41, 5.74) is 6.59. The topological polar surface area (TPSA) is 136 Å². The van der Waals surface area contributed by atoms with E-state index in [-0.39, 0.29) is 36.7 Å². The summed E-state index contributed by atoms with van der Waals surface area (Å²) in [5.74, 6) is -1.15. The maximum atomic E-state index is 14.9. The number of benzene rings is 1. The number of carbonyl (C=O) groups is 2. The molecule has 1 aromatic heterocycles. The average molecular weight is 543 g/mol. The number of amides is 2. The standard InChI is InChI=1S/C27H31FN4O5S/c1-27(2,35)17-7-8-19(21(28)13-17)16-11-20(26(29)34)25(22(38)12-16)32-23-6-4-5-18(31-23)14-37-15-24(33)30-9-10-36-3/h4-8,11,13,35H,9-10,12,14-15H2,1-3H3,(H2,29,34)(H,30,33)(H,31,32). The first-order chi connectivity index (χ1) is 18.0. The van der Waals surface area contributed by atoms with Crippen molar-refractivity contribution in [3.05, 3.63) is 76.4 Å². The van der Waals surface area contributed by atoms with Gasteiger partial charge in [0.2, 0.25) is 5.91 Å². The van der Waals surface area contributed by atoms with E-state index in [0.717, 1.165) is 0 Å². The molecule has 0 radical (unpaired) electrons. The molecule has 202 valence electrons. The van der Waals surface area contributed by atoms with Gasteiger partial charge in [-0.1, -0.05) is 30.4 Å². The van der Waals surface area contributed by atoms with Crippen molar-refractivity contribution in [2.75, 3.05) is 32.2 Å². The summed E-state index contributed by atoms with van der Waals surface area (Å²) in [6, 6.07) is 9.60. The molecule has 0 spiro atoms. The first-order valence-electron chi connectivity index (χ1n) is 11.9. The van der Waals surface area contributed by atoms with Crippen LogP contribution in [0.5, 0.6) is 0 Å². The monoisotopic (exact) mass is 542 g/mol. The fraction of sp³-hybridized carbons (Fsp3) is 0.333. The van der Waals surface area contributed by atoms with Gasteiger partial charge in [0.15, 0.2) is 0 Å². The first kappa shape index (κ1) is 29.1. The number of nitrogens with one attached hydrogen (secondary N) is 2.